The zero-order chi connectivity index (χ0) is 18.2. The van der Waals surface area contributed by atoms with E-state index in [1.807, 2.05) is 24.3 Å². The van der Waals surface area contributed by atoms with E-state index in [1.54, 1.807) is 11.8 Å². The van der Waals surface area contributed by atoms with E-state index in [9.17, 15) is 5.26 Å². The molecule has 2 aliphatic rings. The fourth-order valence-corrected chi connectivity index (χ4v) is 4.41. The molecule has 0 spiro atoms. The van der Waals surface area contributed by atoms with Crippen molar-refractivity contribution in [1.29, 1.82) is 5.26 Å². The van der Waals surface area contributed by atoms with Gasteiger partial charge >= 0.3 is 0 Å². The molecule has 2 aromatic carbocycles. The van der Waals surface area contributed by atoms with Gasteiger partial charge in [-0.05, 0) is 48.4 Å². The Morgan fingerprint density at radius 1 is 1.00 bits per heavy atom. The fourth-order valence-electron chi connectivity index (χ4n) is 3.44. The Morgan fingerprint density at radius 2 is 1.78 bits per heavy atom. The highest BCUT2D eigenvalue weighted by atomic mass is 32.2. The summed E-state index contributed by atoms with van der Waals surface area (Å²) in [6, 6.07) is 19.1. The van der Waals surface area contributed by atoms with E-state index in [-0.39, 0.29) is 0 Å². The molecule has 0 amide bonds. The summed E-state index contributed by atoms with van der Waals surface area (Å²) in [5.41, 5.74) is 4.04. The van der Waals surface area contributed by atoms with E-state index in [0.29, 0.717) is 17.5 Å². The second-order valence-corrected chi connectivity index (χ2v) is 8.30. The first-order chi connectivity index (χ1) is 13.3. The van der Waals surface area contributed by atoms with Crippen molar-refractivity contribution in [2.45, 2.75) is 48.6 Å². The van der Waals surface area contributed by atoms with Crippen LogP contribution in [0.4, 0.5) is 0 Å². The molecule has 0 atom stereocenters. The number of hydrogen-bond donors (Lipinski definition) is 0. The Balaban J connectivity index is 1.32. The molecule has 4 nitrogen and oxygen atoms in total. The van der Waals surface area contributed by atoms with Crippen molar-refractivity contribution in [3.05, 3.63) is 65.5 Å². The quantitative estimate of drug-likeness (QED) is 0.549. The third-order valence-corrected chi connectivity index (χ3v) is 6.24. The van der Waals surface area contributed by atoms with E-state index in [1.165, 1.54) is 37.1 Å². The number of hydrogen-bond acceptors (Lipinski definition) is 4. The molecular weight excluding hydrogens is 352 g/mol. The van der Waals surface area contributed by atoms with Crippen LogP contribution in [0.2, 0.25) is 0 Å². The molecule has 27 heavy (non-hydrogen) atoms. The third kappa shape index (κ3) is 3.38. The lowest BCUT2D eigenvalue weighted by atomic mass is 10.00. The summed E-state index contributed by atoms with van der Waals surface area (Å²) in [6.07, 6.45) is 5.05. The molecule has 0 N–H and O–H groups in total. The Labute approximate surface area is 163 Å². The van der Waals surface area contributed by atoms with E-state index < -0.39 is 0 Å². The van der Waals surface area contributed by atoms with Crippen molar-refractivity contribution in [1.82, 2.24) is 14.8 Å². The van der Waals surface area contributed by atoms with Crippen molar-refractivity contribution < 1.29 is 0 Å². The maximum Gasteiger partial charge on any atom is 0.191 e. The second kappa shape index (κ2) is 6.86. The van der Waals surface area contributed by atoms with Gasteiger partial charge in [0.2, 0.25) is 0 Å². The zero-order valence-corrected chi connectivity index (χ0v) is 15.8. The first-order valence-electron chi connectivity index (χ1n) is 9.49. The summed E-state index contributed by atoms with van der Waals surface area (Å²) >= 11 is 1.78. The maximum absolute atomic E-state index is 9.30. The molecule has 5 rings (SSSR count). The molecule has 0 saturated heterocycles. The van der Waals surface area contributed by atoms with Gasteiger partial charge in [-0.1, -0.05) is 54.2 Å². The molecule has 1 heterocycles. The monoisotopic (exact) mass is 372 g/mol. The van der Waals surface area contributed by atoms with Crippen LogP contribution in [0, 0.1) is 11.3 Å². The van der Waals surface area contributed by atoms with Crippen molar-refractivity contribution in [2.75, 3.05) is 0 Å². The van der Waals surface area contributed by atoms with Gasteiger partial charge in [-0.2, -0.15) is 5.26 Å². The average Bonchev–Trinajstić information content (AvgIpc) is 3.65. The normalized spacial score (nSPS) is 16.3. The standard InChI is InChI=1S/C22H20N4S/c23-13-18-3-1-2-4-20(18)16-7-5-15(6-8-16)14-27-22-25-24-21(17-9-10-17)26(22)19-11-12-19/h1-8,17,19H,9-12,14H2. The maximum atomic E-state index is 9.30. The molecule has 2 fully saturated rings. The molecule has 134 valence electrons. The highest BCUT2D eigenvalue weighted by Gasteiger charge is 2.36. The highest BCUT2D eigenvalue weighted by molar-refractivity contribution is 7.98. The van der Waals surface area contributed by atoms with Gasteiger partial charge in [-0.25, -0.2) is 0 Å². The van der Waals surface area contributed by atoms with E-state index in [2.05, 4.69) is 45.1 Å². The van der Waals surface area contributed by atoms with Crippen molar-refractivity contribution in [2.24, 2.45) is 0 Å². The van der Waals surface area contributed by atoms with Crippen LogP contribution >= 0.6 is 11.8 Å². The molecule has 3 aromatic rings. The Morgan fingerprint density at radius 3 is 2.48 bits per heavy atom. The van der Waals surface area contributed by atoms with Crippen molar-refractivity contribution in [3.63, 3.8) is 0 Å². The molecule has 5 heteroatoms. The summed E-state index contributed by atoms with van der Waals surface area (Å²) in [5.74, 6) is 2.74. The van der Waals surface area contributed by atoms with Crippen molar-refractivity contribution in [3.8, 4) is 17.2 Å². The van der Waals surface area contributed by atoms with Gasteiger partial charge in [0.15, 0.2) is 5.16 Å². The molecule has 2 saturated carbocycles. The van der Waals surface area contributed by atoms with Gasteiger partial charge in [0.05, 0.1) is 11.6 Å². The second-order valence-electron chi connectivity index (χ2n) is 7.36. The Hall–Kier alpha value is -2.58. The predicted octanol–water partition coefficient (Wildman–Crippen LogP) is 5.32. The van der Waals surface area contributed by atoms with Gasteiger partial charge in [-0.3, -0.25) is 0 Å². The van der Waals surface area contributed by atoms with Crippen LogP contribution in [0.1, 0.15) is 54.6 Å². The number of nitrogens with zero attached hydrogens (tertiary/aromatic N) is 4. The molecule has 0 unspecified atom stereocenters. The highest BCUT2D eigenvalue weighted by Crippen LogP contribution is 2.46. The predicted molar refractivity (Wildman–Crippen MR) is 106 cm³/mol. The van der Waals surface area contributed by atoms with E-state index in [0.717, 1.165) is 22.0 Å². The number of aromatic nitrogens is 3. The minimum atomic E-state index is 0.628. The molecule has 0 bridgehead atoms. The van der Waals surface area contributed by atoms with Gasteiger partial charge in [0.25, 0.3) is 0 Å². The number of rotatable bonds is 6. The molecule has 1 aromatic heterocycles. The first-order valence-corrected chi connectivity index (χ1v) is 10.5. The smallest absolute Gasteiger partial charge is 0.191 e. The lowest BCUT2D eigenvalue weighted by molar-refractivity contribution is 0.627. The van der Waals surface area contributed by atoms with Crippen LogP contribution in [0.25, 0.3) is 11.1 Å². The summed E-state index contributed by atoms with van der Waals surface area (Å²) < 4.78 is 2.40. The lowest BCUT2D eigenvalue weighted by Gasteiger charge is -2.09. The van der Waals surface area contributed by atoms with Crippen LogP contribution < -0.4 is 0 Å². The molecule has 0 radical (unpaired) electrons. The minimum absolute atomic E-state index is 0.628. The summed E-state index contributed by atoms with van der Waals surface area (Å²) in [7, 11) is 0. The molecular formula is C22H20N4S. The van der Waals surface area contributed by atoms with Gasteiger partial charge < -0.3 is 4.57 Å². The number of nitriles is 1. The number of thioether (sulfide) groups is 1. The third-order valence-electron chi connectivity index (χ3n) is 5.23. The summed E-state index contributed by atoms with van der Waals surface area (Å²) in [4.78, 5) is 0. The zero-order valence-electron chi connectivity index (χ0n) is 15.0. The fraction of sp³-hybridized carbons (Fsp3) is 0.318. The van der Waals surface area contributed by atoms with Crippen LogP contribution in [-0.2, 0) is 5.75 Å². The molecule has 0 aliphatic heterocycles. The largest absolute Gasteiger partial charge is 0.303 e. The number of benzene rings is 2. The molecule has 2 aliphatic carbocycles. The minimum Gasteiger partial charge on any atom is -0.303 e. The van der Waals surface area contributed by atoms with Crippen LogP contribution in [-0.4, -0.2) is 14.8 Å². The lowest BCUT2D eigenvalue weighted by Crippen LogP contribution is -2.01. The van der Waals surface area contributed by atoms with Gasteiger partial charge in [0, 0.05) is 17.7 Å². The first kappa shape index (κ1) is 16.6. The topological polar surface area (TPSA) is 54.5 Å². The Kier molecular flexibility index (Phi) is 4.21. The van der Waals surface area contributed by atoms with Crippen LogP contribution in [0.5, 0.6) is 0 Å². The van der Waals surface area contributed by atoms with E-state index in [4.69, 9.17) is 0 Å². The van der Waals surface area contributed by atoms with Crippen LogP contribution in [0.3, 0.4) is 0 Å². The van der Waals surface area contributed by atoms with Crippen molar-refractivity contribution >= 4 is 11.8 Å². The van der Waals surface area contributed by atoms with E-state index >= 15 is 0 Å². The summed E-state index contributed by atoms with van der Waals surface area (Å²) in [6.45, 7) is 0. The van der Waals surface area contributed by atoms with Gasteiger partial charge in [-0.15, -0.1) is 10.2 Å². The SMILES string of the molecule is N#Cc1ccccc1-c1ccc(CSc2nnc(C3CC3)n2C2CC2)cc1. The summed E-state index contributed by atoms with van der Waals surface area (Å²) in [5, 5.41) is 19.3. The van der Waals surface area contributed by atoms with Gasteiger partial charge in [0.1, 0.15) is 5.82 Å². The van der Waals surface area contributed by atoms with Crippen LogP contribution in [0.15, 0.2) is 53.7 Å². The average molecular weight is 372 g/mol. The Bertz CT molecular complexity index is 1010.